The van der Waals surface area contributed by atoms with Gasteiger partial charge in [-0.25, -0.2) is 0 Å². The molecule has 7 rings (SSSR count). The lowest BCUT2D eigenvalue weighted by Crippen LogP contribution is -1.93. The van der Waals surface area contributed by atoms with E-state index >= 15 is 0 Å². The molecule has 0 saturated carbocycles. The monoisotopic (exact) mass is 544 g/mol. The molecule has 0 nitrogen and oxygen atoms in total. The first-order chi connectivity index (χ1) is 20.6. The summed E-state index contributed by atoms with van der Waals surface area (Å²) < 4.78 is 0. The molecule has 42 heavy (non-hydrogen) atoms. The Bertz CT molecular complexity index is 1890. The van der Waals surface area contributed by atoms with Crippen molar-refractivity contribution in [2.75, 3.05) is 0 Å². The third kappa shape index (κ3) is 4.54. The Morgan fingerprint density at radius 3 is 1.14 bits per heavy atom. The molecule has 0 aliphatic heterocycles. The number of benzene rings is 7. The highest BCUT2D eigenvalue weighted by molar-refractivity contribution is 6.34. The zero-order valence-corrected chi connectivity index (χ0v) is 25.5. The van der Waals surface area contributed by atoms with Crippen molar-refractivity contribution < 1.29 is 0 Å². The SMILES string of the molecule is CCCCc1ccc(-c2cc3c(C)ccc4c5ccc(C)c6cc(-c7ccc(CCCC)cc7)cc(c(c2)c34)c65)cc1. The smallest absolute Gasteiger partial charge is 0.00233 e. The topological polar surface area (TPSA) is 0 Å². The van der Waals surface area contributed by atoms with Crippen LogP contribution in [0.2, 0.25) is 0 Å². The number of rotatable bonds is 8. The maximum absolute atomic E-state index is 2.46. The molecule has 0 heterocycles. The van der Waals surface area contributed by atoms with Crippen LogP contribution in [-0.4, -0.2) is 0 Å². The van der Waals surface area contributed by atoms with Crippen molar-refractivity contribution in [1.29, 1.82) is 0 Å². The first kappa shape index (κ1) is 26.7. The molecule has 7 aromatic rings. The molecule has 208 valence electrons. The van der Waals surface area contributed by atoms with E-state index in [4.69, 9.17) is 0 Å². The van der Waals surface area contributed by atoms with Crippen molar-refractivity contribution in [2.45, 2.75) is 66.2 Å². The van der Waals surface area contributed by atoms with Gasteiger partial charge >= 0.3 is 0 Å². The van der Waals surface area contributed by atoms with Crippen LogP contribution in [0.4, 0.5) is 0 Å². The molecule has 0 aliphatic carbocycles. The van der Waals surface area contributed by atoms with Crippen molar-refractivity contribution in [3.8, 4) is 22.3 Å². The molecule has 0 atom stereocenters. The summed E-state index contributed by atoms with van der Waals surface area (Å²) in [5.74, 6) is 0. The van der Waals surface area contributed by atoms with E-state index in [9.17, 15) is 0 Å². The van der Waals surface area contributed by atoms with E-state index in [1.165, 1.54) is 113 Å². The Balaban J connectivity index is 1.50. The zero-order valence-electron chi connectivity index (χ0n) is 25.5. The Hall–Kier alpha value is -4.16. The largest absolute Gasteiger partial charge is 0.0654 e. The van der Waals surface area contributed by atoms with E-state index in [0.29, 0.717) is 0 Å². The number of aryl methyl sites for hydroxylation is 4. The van der Waals surface area contributed by atoms with Gasteiger partial charge < -0.3 is 0 Å². The molecule has 0 saturated heterocycles. The average Bonchev–Trinajstić information content (AvgIpc) is 3.03. The lowest BCUT2D eigenvalue weighted by Gasteiger charge is -2.19. The predicted molar refractivity (Wildman–Crippen MR) is 185 cm³/mol. The fourth-order valence-corrected chi connectivity index (χ4v) is 6.95. The van der Waals surface area contributed by atoms with Gasteiger partial charge in [-0.05, 0) is 151 Å². The summed E-state index contributed by atoms with van der Waals surface area (Å²) in [5, 5.41) is 10.9. The van der Waals surface area contributed by atoms with Crippen LogP contribution in [0.15, 0.2) is 97.1 Å². The van der Waals surface area contributed by atoms with Crippen molar-refractivity contribution in [2.24, 2.45) is 0 Å². The Kier molecular flexibility index (Phi) is 6.95. The van der Waals surface area contributed by atoms with Gasteiger partial charge in [-0.15, -0.1) is 0 Å². The molecule has 0 aromatic heterocycles. The second-order valence-corrected chi connectivity index (χ2v) is 12.4. The minimum absolute atomic E-state index is 1.16. The first-order valence-corrected chi connectivity index (χ1v) is 15.9. The summed E-state index contributed by atoms with van der Waals surface area (Å²) in [5.41, 5.74) is 10.7. The van der Waals surface area contributed by atoms with Crippen molar-refractivity contribution in [3.05, 3.63) is 119 Å². The highest BCUT2D eigenvalue weighted by Crippen LogP contribution is 2.45. The quantitative estimate of drug-likeness (QED) is 0.132. The number of unbranched alkanes of at least 4 members (excludes halogenated alkanes) is 2. The van der Waals surface area contributed by atoms with E-state index in [1.54, 1.807) is 0 Å². The van der Waals surface area contributed by atoms with E-state index in [0.717, 1.165) is 12.8 Å². The van der Waals surface area contributed by atoms with Gasteiger partial charge in [0.2, 0.25) is 0 Å². The molecule has 0 heteroatoms. The summed E-state index contributed by atoms with van der Waals surface area (Å²) >= 11 is 0. The van der Waals surface area contributed by atoms with Gasteiger partial charge in [0.15, 0.2) is 0 Å². The molecule has 0 unspecified atom stereocenters. The van der Waals surface area contributed by atoms with E-state index in [1.807, 2.05) is 0 Å². The van der Waals surface area contributed by atoms with Gasteiger partial charge in [-0.2, -0.15) is 0 Å². The molecule has 0 radical (unpaired) electrons. The van der Waals surface area contributed by atoms with Crippen LogP contribution in [0.25, 0.3) is 65.3 Å². The van der Waals surface area contributed by atoms with Gasteiger partial charge in [-0.1, -0.05) is 99.5 Å². The molecule has 0 amide bonds. The maximum Gasteiger partial charge on any atom is -0.00233 e. The fourth-order valence-electron chi connectivity index (χ4n) is 6.95. The zero-order chi connectivity index (χ0) is 28.8. The predicted octanol–water partition coefficient (Wildman–Crippen LogP) is 12.4. The standard InChI is InChI=1S/C42H40/c1-5-7-9-29-13-17-31(18-14-29)33-23-37-27(3)11-21-35-36-22-12-28(4)38-24-34(26-40(42(36)38)39(25-33)41(35)37)32-19-15-30(16-20-32)10-8-6-2/h11-26H,5-10H2,1-4H3. The Morgan fingerprint density at radius 1 is 0.381 bits per heavy atom. The summed E-state index contributed by atoms with van der Waals surface area (Å²) in [6, 6.07) is 37.7. The molecule has 0 bridgehead atoms. The second-order valence-electron chi connectivity index (χ2n) is 12.4. The van der Waals surface area contributed by atoms with Crippen LogP contribution < -0.4 is 0 Å². The highest BCUT2D eigenvalue weighted by atomic mass is 14.2. The van der Waals surface area contributed by atoms with Gasteiger partial charge in [0.1, 0.15) is 0 Å². The summed E-state index contributed by atoms with van der Waals surface area (Å²) in [4.78, 5) is 0. The van der Waals surface area contributed by atoms with Gasteiger partial charge in [0.25, 0.3) is 0 Å². The van der Waals surface area contributed by atoms with Crippen molar-refractivity contribution >= 4 is 43.1 Å². The van der Waals surface area contributed by atoms with E-state index in [2.05, 4.69) is 125 Å². The minimum Gasteiger partial charge on any atom is -0.0654 e. The Morgan fingerprint density at radius 2 is 0.762 bits per heavy atom. The number of hydrogen-bond donors (Lipinski definition) is 0. The van der Waals surface area contributed by atoms with Crippen molar-refractivity contribution in [3.63, 3.8) is 0 Å². The van der Waals surface area contributed by atoms with Gasteiger partial charge in [0, 0.05) is 0 Å². The molecule has 0 fully saturated rings. The lowest BCUT2D eigenvalue weighted by atomic mass is 9.84. The van der Waals surface area contributed by atoms with Crippen LogP contribution in [0.5, 0.6) is 0 Å². The highest BCUT2D eigenvalue weighted by Gasteiger charge is 2.18. The summed E-state index contributed by atoms with van der Waals surface area (Å²) in [7, 11) is 0. The minimum atomic E-state index is 1.16. The summed E-state index contributed by atoms with van der Waals surface area (Å²) in [6.07, 6.45) is 7.26. The van der Waals surface area contributed by atoms with Gasteiger partial charge in [-0.3, -0.25) is 0 Å². The summed E-state index contributed by atoms with van der Waals surface area (Å²) in [6.45, 7) is 9.05. The lowest BCUT2D eigenvalue weighted by molar-refractivity contribution is 0.795. The van der Waals surface area contributed by atoms with Crippen LogP contribution in [0.1, 0.15) is 61.8 Å². The number of fused-ring (bicyclic) bond motifs is 2. The van der Waals surface area contributed by atoms with E-state index < -0.39 is 0 Å². The van der Waals surface area contributed by atoms with Crippen LogP contribution in [-0.2, 0) is 12.8 Å². The molecule has 7 aromatic carbocycles. The van der Waals surface area contributed by atoms with Gasteiger partial charge in [0.05, 0.1) is 0 Å². The molecule has 0 N–H and O–H groups in total. The molecule has 0 aliphatic rings. The molecular formula is C42H40. The van der Waals surface area contributed by atoms with E-state index in [-0.39, 0.29) is 0 Å². The average molecular weight is 545 g/mol. The maximum atomic E-state index is 2.46. The molecule has 0 spiro atoms. The third-order valence-corrected chi connectivity index (χ3v) is 9.46. The van der Waals surface area contributed by atoms with Crippen LogP contribution in [0, 0.1) is 13.8 Å². The Labute approximate surface area is 250 Å². The number of hydrogen-bond acceptors (Lipinski definition) is 0. The van der Waals surface area contributed by atoms with Crippen molar-refractivity contribution in [1.82, 2.24) is 0 Å². The second kappa shape index (κ2) is 10.9. The van der Waals surface area contributed by atoms with Crippen LogP contribution >= 0.6 is 0 Å². The third-order valence-electron chi connectivity index (χ3n) is 9.46. The molecular weight excluding hydrogens is 504 g/mol. The van der Waals surface area contributed by atoms with Crippen LogP contribution in [0.3, 0.4) is 0 Å². The normalized spacial score (nSPS) is 11.9. The first-order valence-electron chi connectivity index (χ1n) is 15.9. The fraction of sp³-hybridized carbons (Fsp3) is 0.238.